The standard InChI is InChI=1S/C9H9NO2S/c10-9(12)6-13-8-3-1-2-7(4-8)5-11/h1-5H,6H2,(H2,10,12). The fraction of sp³-hybridized carbons (Fsp3) is 0.111. The van der Waals surface area contributed by atoms with Crippen molar-refractivity contribution in [3.05, 3.63) is 29.8 Å². The van der Waals surface area contributed by atoms with Crippen LogP contribution in [0.4, 0.5) is 0 Å². The van der Waals surface area contributed by atoms with Gasteiger partial charge in [-0.2, -0.15) is 0 Å². The number of nitrogens with two attached hydrogens (primary N) is 1. The van der Waals surface area contributed by atoms with E-state index in [4.69, 9.17) is 5.73 Å². The molecule has 1 aromatic carbocycles. The van der Waals surface area contributed by atoms with Crippen molar-refractivity contribution >= 4 is 24.0 Å². The van der Waals surface area contributed by atoms with E-state index in [0.717, 1.165) is 11.2 Å². The summed E-state index contributed by atoms with van der Waals surface area (Å²) < 4.78 is 0. The summed E-state index contributed by atoms with van der Waals surface area (Å²) in [6.45, 7) is 0. The average Bonchev–Trinajstić information content (AvgIpc) is 2.15. The second kappa shape index (κ2) is 4.67. The van der Waals surface area contributed by atoms with E-state index in [-0.39, 0.29) is 11.7 Å². The van der Waals surface area contributed by atoms with E-state index >= 15 is 0 Å². The van der Waals surface area contributed by atoms with Crippen LogP contribution in [0.2, 0.25) is 0 Å². The van der Waals surface area contributed by atoms with E-state index in [1.807, 2.05) is 6.07 Å². The molecule has 0 spiro atoms. The van der Waals surface area contributed by atoms with Crippen molar-refractivity contribution in [2.45, 2.75) is 4.90 Å². The normalized spacial score (nSPS) is 9.54. The maximum atomic E-state index is 10.5. The van der Waals surface area contributed by atoms with Crippen molar-refractivity contribution in [2.75, 3.05) is 5.75 Å². The van der Waals surface area contributed by atoms with E-state index < -0.39 is 0 Å². The van der Waals surface area contributed by atoms with Crippen molar-refractivity contribution < 1.29 is 9.59 Å². The first-order chi connectivity index (χ1) is 6.22. The largest absolute Gasteiger partial charge is 0.369 e. The summed E-state index contributed by atoms with van der Waals surface area (Å²) in [6, 6.07) is 7.04. The van der Waals surface area contributed by atoms with Gasteiger partial charge in [-0.25, -0.2) is 0 Å². The van der Waals surface area contributed by atoms with Crippen molar-refractivity contribution in [1.29, 1.82) is 0 Å². The van der Waals surface area contributed by atoms with Gasteiger partial charge in [-0.05, 0) is 12.1 Å². The molecule has 2 N–H and O–H groups in total. The number of primary amides is 1. The molecule has 13 heavy (non-hydrogen) atoms. The molecule has 0 aliphatic rings. The Morgan fingerprint density at radius 2 is 2.31 bits per heavy atom. The van der Waals surface area contributed by atoms with Crippen LogP contribution in [-0.4, -0.2) is 17.9 Å². The van der Waals surface area contributed by atoms with Gasteiger partial charge in [-0.1, -0.05) is 12.1 Å². The molecule has 4 heteroatoms. The Bertz CT molecular complexity index is 325. The van der Waals surface area contributed by atoms with Gasteiger partial charge in [-0.15, -0.1) is 11.8 Å². The van der Waals surface area contributed by atoms with Crippen LogP contribution in [0, 0.1) is 0 Å². The van der Waals surface area contributed by atoms with Gasteiger partial charge >= 0.3 is 0 Å². The molecule has 0 unspecified atom stereocenters. The van der Waals surface area contributed by atoms with Crippen LogP contribution >= 0.6 is 11.8 Å². The summed E-state index contributed by atoms with van der Waals surface area (Å²) in [5.41, 5.74) is 5.59. The highest BCUT2D eigenvalue weighted by Crippen LogP contribution is 2.17. The monoisotopic (exact) mass is 195 g/mol. The van der Waals surface area contributed by atoms with Gasteiger partial charge in [0.25, 0.3) is 0 Å². The molecule has 0 aliphatic heterocycles. The van der Waals surface area contributed by atoms with Crippen LogP contribution < -0.4 is 5.73 Å². The fourth-order valence-corrected chi connectivity index (χ4v) is 1.54. The summed E-state index contributed by atoms with van der Waals surface area (Å²) in [4.78, 5) is 21.7. The average molecular weight is 195 g/mol. The minimum absolute atomic E-state index is 0.238. The Hall–Kier alpha value is -1.29. The first kappa shape index (κ1) is 9.80. The van der Waals surface area contributed by atoms with Gasteiger partial charge in [0.1, 0.15) is 6.29 Å². The maximum Gasteiger partial charge on any atom is 0.227 e. The van der Waals surface area contributed by atoms with Gasteiger partial charge in [-0.3, -0.25) is 9.59 Å². The minimum atomic E-state index is -0.360. The van der Waals surface area contributed by atoms with E-state index in [0.29, 0.717) is 5.56 Å². The number of amides is 1. The van der Waals surface area contributed by atoms with Crippen LogP contribution in [0.3, 0.4) is 0 Å². The third-order valence-corrected chi connectivity index (χ3v) is 2.39. The molecule has 0 fully saturated rings. The molecule has 1 amide bonds. The molecular formula is C9H9NO2S. The summed E-state index contributed by atoms with van der Waals surface area (Å²) >= 11 is 1.32. The lowest BCUT2D eigenvalue weighted by Gasteiger charge is -1.98. The zero-order valence-electron chi connectivity index (χ0n) is 6.90. The Morgan fingerprint density at radius 1 is 1.54 bits per heavy atom. The molecule has 3 nitrogen and oxygen atoms in total. The lowest BCUT2D eigenvalue weighted by Crippen LogP contribution is -2.12. The molecule has 0 heterocycles. The maximum absolute atomic E-state index is 10.5. The molecule has 0 atom stereocenters. The van der Waals surface area contributed by atoms with Gasteiger partial charge in [0.2, 0.25) is 5.91 Å². The lowest BCUT2D eigenvalue weighted by atomic mass is 10.2. The van der Waals surface area contributed by atoms with E-state index in [9.17, 15) is 9.59 Å². The van der Waals surface area contributed by atoms with Gasteiger partial charge in [0.15, 0.2) is 0 Å². The van der Waals surface area contributed by atoms with Crippen molar-refractivity contribution in [3.8, 4) is 0 Å². The Balaban J connectivity index is 2.66. The minimum Gasteiger partial charge on any atom is -0.369 e. The number of aldehydes is 1. The number of hydrogen-bond acceptors (Lipinski definition) is 3. The number of benzene rings is 1. The summed E-state index contributed by atoms with van der Waals surface area (Å²) in [5.74, 6) is -0.121. The van der Waals surface area contributed by atoms with Gasteiger partial charge in [0.05, 0.1) is 5.75 Å². The molecule has 1 rings (SSSR count). The first-order valence-electron chi connectivity index (χ1n) is 3.68. The number of rotatable bonds is 4. The molecule has 0 radical (unpaired) electrons. The first-order valence-corrected chi connectivity index (χ1v) is 4.67. The van der Waals surface area contributed by atoms with Crippen LogP contribution in [0.5, 0.6) is 0 Å². The molecule has 0 bridgehead atoms. The quantitative estimate of drug-likeness (QED) is 0.577. The molecular weight excluding hydrogens is 186 g/mol. The SMILES string of the molecule is NC(=O)CSc1cccc(C=O)c1. The predicted octanol–water partition coefficient (Wildman–Crippen LogP) is 1.08. The van der Waals surface area contributed by atoms with E-state index in [2.05, 4.69) is 0 Å². The molecule has 68 valence electrons. The summed E-state index contributed by atoms with van der Waals surface area (Å²) in [5, 5.41) is 0. The van der Waals surface area contributed by atoms with Crippen molar-refractivity contribution in [2.24, 2.45) is 5.73 Å². The summed E-state index contributed by atoms with van der Waals surface area (Å²) in [6.07, 6.45) is 0.772. The van der Waals surface area contributed by atoms with Crippen molar-refractivity contribution in [3.63, 3.8) is 0 Å². The Labute approximate surface area is 80.3 Å². The fourth-order valence-electron chi connectivity index (χ4n) is 0.832. The highest BCUT2D eigenvalue weighted by molar-refractivity contribution is 8.00. The number of thioether (sulfide) groups is 1. The van der Waals surface area contributed by atoms with E-state index in [1.54, 1.807) is 18.2 Å². The van der Waals surface area contributed by atoms with E-state index in [1.165, 1.54) is 11.8 Å². The number of hydrogen-bond donors (Lipinski definition) is 1. The molecule has 0 aliphatic carbocycles. The third-order valence-electron chi connectivity index (χ3n) is 1.38. The Morgan fingerprint density at radius 3 is 2.92 bits per heavy atom. The van der Waals surface area contributed by atoms with Crippen LogP contribution in [0.1, 0.15) is 10.4 Å². The van der Waals surface area contributed by atoms with Gasteiger partial charge < -0.3 is 5.73 Å². The zero-order chi connectivity index (χ0) is 9.68. The molecule has 0 aromatic heterocycles. The lowest BCUT2D eigenvalue weighted by molar-refractivity contribution is -0.115. The highest BCUT2D eigenvalue weighted by Gasteiger charge is 1.98. The smallest absolute Gasteiger partial charge is 0.227 e. The highest BCUT2D eigenvalue weighted by atomic mass is 32.2. The second-order valence-electron chi connectivity index (χ2n) is 2.45. The third kappa shape index (κ3) is 3.29. The van der Waals surface area contributed by atoms with Crippen molar-refractivity contribution in [1.82, 2.24) is 0 Å². The summed E-state index contributed by atoms with van der Waals surface area (Å²) in [7, 11) is 0. The zero-order valence-corrected chi connectivity index (χ0v) is 7.71. The molecule has 0 saturated carbocycles. The topological polar surface area (TPSA) is 60.2 Å². The number of carbonyl (C=O) groups excluding carboxylic acids is 2. The van der Waals surface area contributed by atoms with Crippen LogP contribution in [0.25, 0.3) is 0 Å². The molecule has 1 aromatic rings. The predicted molar refractivity (Wildman–Crippen MR) is 51.7 cm³/mol. The molecule has 0 saturated heterocycles. The van der Waals surface area contributed by atoms with Crippen LogP contribution in [-0.2, 0) is 4.79 Å². The van der Waals surface area contributed by atoms with Crippen LogP contribution in [0.15, 0.2) is 29.2 Å². The Kier molecular flexibility index (Phi) is 3.52. The second-order valence-corrected chi connectivity index (χ2v) is 3.49. The van der Waals surface area contributed by atoms with Gasteiger partial charge in [0, 0.05) is 10.5 Å². The number of carbonyl (C=O) groups is 2.